The maximum atomic E-state index is 12.7. The molecule has 0 bridgehead atoms. The van der Waals surface area contributed by atoms with E-state index in [4.69, 9.17) is 27.9 Å². The van der Waals surface area contributed by atoms with Crippen molar-refractivity contribution < 1.29 is 19.2 Å². The summed E-state index contributed by atoms with van der Waals surface area (Å²) in [5, 5.41) is 12.1. The van der Waals surface area contributed by atoms with Gasteiger partial charge in [0.15, 0.2) is 5.75 Å². The molecule has 3 aromatic rings. The van der Waals surface area contributed by atoms with E-state index in [0.717, 1.165) is 11.2 Å². The van der Waals surface area contributed by atoms with E-state index in [1.807, 2.05) is 0 Å². The van der Waals surface area contributed by atoms with Gasteiger partial charge in [-0.2, -0.15) is 0 Å². The van der Waals surface area contributed by atoms with Crippen molar-refractivity contribution in [2.45, 2.75) is 0 Å². The number of halogens is 2. The standard InChI is InChI=1S/C21H12Cl2N4O5/c22-16-9-12(8-15-20(28)25-26(21(15)29)13-4-2-1-3-5-13)10-17(23)19(16)32-18-7-6-14(11-24-18)27(30)31/h1-11H,(H,25,28)/b15-8-. The van der Waals surface area contributed by atoms with Crippen LogP contribution in [-0.2, 0) is 9.59 Å². The Balaban J connectivity index is 1.59. The number of para-hydroxylation sites is 1. The number of carbonyl (C=O) groups excluding carboxylic acids is 2. The highest BCUT2D eigenvalue weighted by atomic mass is 35.5. The molecule has 0 aliphatic carbocycles. The van der Waals surface area contributed by atoms with Gasteiger partial charge in [0.2, 0.25) is 5.88 Å². The first-order valence-corrected chi connectivity index (χ1v) is 9.78. The summed E-state index contributed by atoms with van der Waals surface area (Å²) in [6, 6.07) is 14.1. The number of ether oxygens (including phenoxy) is 1. The lowest BCUT2D eigenvalue weighted by Crippen LogP contribution is -2.35. The molecule has 1 aliphatic rings. The summed E-state index contributed by atoms with van der Waals surface area (Å²) < 4.78 is 5.54. The van der Waals surface area contributed by atoms with Crippen LogP contribution in [0.4, 0.5) is 11.4 Å². The first kappa shape index (κ1) is 21.3. The van der Waals surface area contributed by atoms with E-state index in [1.54, 1.807) is 30.3 Å². The van der Waals surface area contributed by atoms with Crippen LogP contribution < -0.4 is 15.2 Å². The quantitative estimate of drug-likeness (QED) is 0.253. The Morgan fingerprint density at radius 1 is 1.06 bits per heavy atom. The SMILES string of the molecule is O=C1NN(c2ccccc2)C(=O)/C1=C\c1cc(Cl)c(Oc2ccc([N+](=O)[O-])cn2)c(Cl)c1. The van der Waals surface area contributed by atoms with Crippen molar-refractivity contribution in [1.29, 1.82) is 0 Å². The van der Waals surface area contributed by atoms with Crippen LogP contribution in [0.15, 0.2) is 66.4 Å². The van der Waals surface area contributed by atoms with Gasteiger partial charge in [0.05, 0.1) is 20.7 Å². The van der Waals surface area contributed by atoms with Gasteiger partial charge in [-0.25, -0.2) is 9.99 Å². The Hall–Kier alpha value is -3.95. The predicted molar refractivity (Wildman–Crippen MR) is 117 cm³/mol. The molecule has 1 aliphatic heterocycles. The molecular weight excluding hydrogens is 459 g/mol. The van der Waals surface area contributed by atoms with Crippen LogP contribution in [0.5, 0.6) is 11.6 Å². The minimum atomic E-state index is -0.585. The van der Waals surface area contributed by atoms with E-state index in [2.05, 4.69) is 10.4 Å². The van der Waals surface area contributed by atoms with E-state index in [-0.39, 0.29) is 32.9 Å². The molecule has 1 aromatic heterocycles. The molecule has 1 N–H and O–H groups in total. The molecule has 2 heterocycles. The maximum Gasteiger partial charge on any atom is 0.287 e. The fourth-order valence-corrected chi connectivity index (χ4v) is 3.47. The normalized spacial score (nSPS) is 14.6. The van der Waals surface area contributed by atoms with Crippen molar-refractivity contribution in [2.24, 2.45) is 0 Å². The second-order valence-corrected chi connectivity index (χ2v) is 7.32. The van der Waals surface area contributed by atoms with E-state index in [0.29, 0.717) is 11.3 Å². The fourth-order valence-electron chi connectivity index (χ4n) is 2.89. The van der Waals surface area contributed by atoms with E-state index < -0.39 is 16.7 Å². The number of rotatable bonds is 5. The van der Waals surface area contributed by atoms with Gasteiger partial charge in [-0.05, 0) is 35.9 Å². The van der Waals surface area contributed by atoms with Crippen LogP contribution >= 0.6 is 23.2 Å². The number of anilines is 1. The molecule has 1 fully saturated rings. The number of nitrogens with one attached hydrogen (secondary N) is 1. The Morgan fingerprint density at radius 2 is 1.75 bits per heavy atom. The zero-order valence-electron chi connectivity index (χ0n) is 16.0. The Labute approximate surface area is 191 Å². The molecule has 1 saturated heterocycles. The molecule has 0 atom stereocenters. The number of nitro groups is 1. The van der Waals surface area contributed by atoms with Crippen LogP contribution in [0.2, 0.25) is 10.0 Å². The topological polar surface area (TPSA) is 115 Å². The molecule has 0 saturated carbocycles. The van der Waals surface area contributed by atoms with E-state index in [1.165, 1.54) is 30.3 Å². The first-order valence-electron chi connectivity index (χ1n) is 9.03. The minimum absolute atomic E-state index is 0.0503. The maximum absolute atomic E-state index is 12.7. The molecule has 9 nitrogen and oxygen atoms in total. The van der Waals surface area contributed by atoms with Crippen LogP contribution in [-0.4, -0.2) is 21.7 Å². The van der Waals surface area contributed by atoms with Gasteiger partial charge in [-0.15, -0.1) is 0 Å². The number of amides is 2. The second-order valence-electron chi connectivity index (χ2n) is 6.50. The number of pyridine rings is 1. The number of carbonyl (C=O) groups is 2. The molecular formula is C21H12Cl2N4O5. The third-order valence-corrected chi connectivity index (χ3v) is 4.94. The number of hydrogen-bond donors (Lipinski definition) is 1. The van der Waals surface area contributed by atoms with Crippen LogP contribution in [0.25, 0.3) is 6.08 Å². The second kappa shape index (κ2) is 8.66. The van der Waals surface area contributed by atoms with Crippen LogP contribution in [0, 0.1) is 10.1 Å². The summed E-state index contributed by atoms with van der Waals surface area (Å²) >= 11 is 12.6. The summed E-state index contributed by atoms with van der Waals surface area (Å²) in [4.78, 5) is 39.0. The van der Waals surface area contributed by atoms with Crippen molar-refractivity contribution in [2.75, 3.05) is 5.01 Å². The minimum Gasteiger partial charge on any atom is -0.436 e. The number of hydrogen-bond acceptors (Lipinski definition) is 6. The van der Waals surface area contributed by atoms with Gasteiger partial charge in [0.1, 0.15) is 11.8 Å². The predicted octanol–water partition coefficient (Wildman–Crippen LogP) is 4.55. The third kappa shape index (κ3) is 4.25. The molecule has 32 heavy (non-hydrogen) atoms. The van der Waals surface area contributed by atoms with Gasteiger partial charge in [-0.1, -0.05) is 41.4 Å². The average Bonchev–Trinajstić information content (AvgIpc) is 3.05. The average molecular weight is 471 g/mol. The Morgan fingerprint density at radius 3 is 2.34 bits per heavy atom. The number of benzene rings is 2. The molecule has 2 amide bonds. The zero-order valence-corrected chi connectivity index (χ0v) is 17.5. The number of hydrazine groups is 1. The van der Waals surface area contributed by atoms with Gasteiger partial charge in [0.25, 0.3) is 17.5 Å². The van der Waals surface area contributed by atoms with Gasteiger partial charge in [0, 0.05) is 12.1 Å². The van der Waals surface area contributed by atoms with Gasteiger partial charge in [-0.3, -0.25) is 25.1 Å². The highest BCUT2D eigenvalue weighted by molar-refractivity contribution is 6.37. The summed E-state index contributed by atoms with van der Waals surface area (Å²) in [6.07, 6.45) is 2.41. The molecule has 0 radical (unpaired) electrons. The van der Waals surface area contributed by atoms with Gasteiger partial charge < -0.3 is 4.74 Å². The largest absolute Gasteiger partial charge is 0.436 e. The van der Waals surface area contributed by atoms with Crippen LogP contribution in [0.3, 0.4) is 0 Å². The lowest BCUT2D eigenvalue weighted by atomic mass is 10.1. The summed E-state index contributed by atoms with van der Waals surface area (Å²) in [6.45, 7) is 0. The van der Waals surface area contributed by atoms with E-state index >= 15 is 0 Å². The van der Waals surface area contributed by atoms with Crippen molar-refractivity contribution in [3.8, 4) is 11.6 Å². The molecule has 0 spiro atoms. The Kier molecular flexibility index (Phi) is 5.76. The smallest absolute Gasteiger partial charge is 0.287 e. The monoisotopic (exact) mass is 470 g/mol. The summed E-state index contributed by atoms with van der Waals surface area (Å²) in [5.41, 5.74) is 3.14. The fraction of sp³-hybridized carbons (Fsp3) is 0. The highest BCUT2D eigenvalue weighted by Gasteiger charge is 2.34. The highest BCUT2D eigenvalue weighted by Crippen LogP contribution is 2.38. The van der Waals surface area contributed by atoms with Crippen molar-refractivity contribution in [3.05, 3.63) is 92.1 Å². The molecule has 0 unspecified atom stereocenters. The van der Waals surface area contributed by atoms with Crippen molar-refractivity contribution in [1.82, 2.24) is 10.4 Å². The summed E-state index contributed by atoms with van der Waals surface area (Å²) in [7, 11) is 0. The van der Waals surface area contributed by atoms with E-state index in [9.17, 15) is 19.7 Å². The van der Waals surface area contributed by atoms with Crippen molar-refractivity contribution >= 4 is 52.5 Å². The number of aromatic nitrogens is 1. The number of nitrogens with zero attached hydrogens (tertiary/aromatic N) is 3. The van der Waals surface area contributed by atoms with Gasteiger partial charge >= 0.3 is 0 Å². The third-order valence-electron chi connectivity index (χ3n) is 4.38. The van der Waals surface area contributed by atoms with Crippen LogP contribution in [0.1, 0.15) is 5.56 Å². The molecule has 11 heteroatoms. The lowest BCUT2D eigenvalue weighted by molar-refractivity contribution is -0.385. The molecule has 160 valence electrons. The summed E-state index contributed by atoms with van der Waals surface area (Å²) in [5.74, 6) is -0.968. The Bertz CT molecular complexity index is 1240. The zero-order chi connectivity index (χ0) is 22.8. The molecule has 4 rings (SSSR count). The molecule has 2 aromatic carbocycles. The van der Waals surface area contributed by atoms with Crippen molar-refractivity contribution in [3.63, 3.8) is 0 Å². The first-order chi connectivity index (χ1) is 15.3. The lowest BCUT2D eigenvalue weighted by Gasteiger charge is -2.13.